The molecule has 1 saturated heterocycles. The van der Waals surface area contributed by atoms with Crippen molar-refractivity contribution in [1.82, 2.24) is 4.90 Å². The molecule has 0 bridgehead atoms. The van der Waals surface area contributed by atoms with Gasteiger partial charge in [-0.05, 0) is 32.4 Å². The lowest BCUT2D eigenvalue weighted by Crippen LogP contribution is -2.54. The van der Waals surface area contributed by atoms with Gasteiger partial charge in [0.25, 0.3) is 0 Å². The van der Waals surface area contributed by atoms with E-state index >= 15 is 0 Å². The molecule has 1 atom stereocenters. The minimum absolute atomic E-state index is 0.0773. The smallest absolute Gasteiger partial charge is 0.0645 e. The molecule has 3 heteroatoms. The molecule has 1 unspecified atom stereocenters. The third-order valence-electron chi connectivity index (χ3n) is 3.71. The zero-order valence-electron chi connectivity index (χ0n) is 11.4. The number of ether oxygens (including phenoxy) is 1. The number of morpholine rings is 1. The van der Waals surface area contributed by atoms with E-state index in [9.17, 15) is 0 Å². The Bertz CT molecular complexity index is 364. The topological polar surface area (TPSA) is 38.5 Å². The van der Waals surface area contributed by atoms with Crippen molar-refractivity contribution in [3.63, 3.8) is 0 Å². The monoisotopic (exact) mass is 248 g/mol. The Kier molecular flexibility index (Phi) is 4.38. The number of hydrogen-bond donors (Lipinski definition) is 1. The second kappa shape index (κ2) is 5.83. The van der Waals surface area contributed by atoms with Crippen LogP contribution in [0.4, 0.5) is 0 Å². The first-order chi connectivity index (χ1) is 8.65. The highest BCUT2D eigenvalue weighted by atomic mass is 16.5. The van der Waals surface area contributed by atoms with E-state index in [1.807, 2.05) is 0 Å². The van der Waals surface area contributed by atoms with Crippen LogP contribution in [-0.4, -0.2) is 36.7 Å². The fourth-order valence-electron chi connectivity index (χ4n) is 2.78. The second-order valence-electron chi connectivity index (χ2n) is 5.56. The van der Waals surface area contributed by atoms with Gasteiger partial charge in [-0.1, -0.05) is 30.3 Å². The van der Waals surface area contributed by atoms with Gasteiger partial charge in [-0.15, -0.1) is 0 Å². The molecule has 100 valence electrons. The Balaban J connectivity index is 2.24. The predicted octanol–water partition coefficient (Wildman–Crippen LogP) is 2.19. The Hall–Kier alpha value is -0.900. The van der Waals surface area contributed by atoms with Crippen LogP contribution in [0.1, 0.15) is 31.9 Å². The summed E-state index contributed by atoms with van der Waals surface area (Å²) in [6, 6.07) is 11.1. The van der Waals surface area contributed by atoms with Gasteiger partial charge in [0.2, 0.25) is 0 Å². The summed E-state index contributed by atoms with van der Waals surface area (Å²) >= 11 is 0. The lowest BCUT2D eigenvalue weighted by Gasteiger charge is -2.47. The Morgan fingerprint density at radius 2 is 2.06 bits per heavy atom. The summed E-state index contributed by atoms with van der Waals surface area (Å²) in [4.78, 5) is 2.54. The van der Waals surface area contributed by atoms with Crippen molar-refractivity contribution < 1.29 is 4.74 Å². The Morgan fingerprint density at radius 1 is 1.33 bits per heavy atom. The SMILES string of the molecule is CC1(C)COCCN1C(CCN)c1ccccc1. The maximum Gasteiger partial charge on any atom is 0.0645 e. The molecule has 1 fully saturated rings. The van der Waals surface area contributed by atoms with Crippen LogP contribution in [-0.2, 0) is 4.74 Å². The quantitative estimate of drug-likeness (QED) is 0.887. The summed E-state index contributed by atoms with van der Waals surface area (Å²) in [5.41, 5.74) is 7.24. The summed E-state index contributed by atoms with van der Waals surface area (Å²) in [5.74, 6) is 0. The van der Waals surface area contributed by atoms with Crippen LogP contribution in [0.5, 0.6) is 0 Å². The molecule has 0 amide bonds. The average Bonchev–Trinajstić information content (AvgIpc) is 2.37. The first-order valence-corrected chi connectivity index (χ1v) is 6.74. The first-order valence-electron chi connectivity index (χ1n) is 6.74. The molecular formula is C15H24N2O. The van der Waals surface area contributed by atoms with Crippen molar-refractivity contribution in [3.8, 4) is 0 Å². The van der Waals surface area contributed by atoms with E-state index in [1.165, 1.54) is 5.56 Å². The first kappa shape index (κ1) is 13.5. The zero-order valence-corrected chi connectivity index (χ0v) is 11.4. The minimum atomic E-state index is 0.0773. The molecule has 0 spiro atoms. The number of benzene rings is 1. The van der Waals surface area contributed by atoms with E-state index in [-0.39, 0.29) is 5.54 Å². The van der Waals surface area contributed by atoms with E-state index in [0.717, 1.165) is 26.2 Å². The predicted molar refractivity (Wildman–Crippen MR) is 74.5 cm³/mol. The van der Waals surface area contributed by atoms with E-state index < -0.39 is 0 Å². The van der Waals surface area contributed by atoms with Crippen LogP contribution in [0.3, 0.4) is 0 Å². The van der Waals surface area contributed by atoms with Crippen LogP contribution in [0.25, 0.3) is 0 Å². The van der Waals surface area contributed by atoms with Gasteiger partial charge < -0.3 is 10.5 Å². The van der Waals surface area contributed by atoms with Crippen molar-refractivity contribution in [1.29, 1.82) is 0 Å². The highest BCUT2D eigenvalue weighted by Gasteiger charge is 2.35. The highest BCUT2D eigenvalue weighted by molar-refractivity contribution is 5.20. The van der Waals surface area contributed by atoms with Gasteiger partial charge in [0.15, 0.2) is 0 Å². The third kappa shape index (κ3) is 2.91. The van der Waals surface area contributed by atoms with Gasteiger partial charge in [-0.25, -0.2) is 0 Å². The lowest BCUT2D eigenvalue weighted by atomic mass is 9.94. The third-order valence-corrected chi connectivity index (χ3v) is 3.71. The average molecular weight is 248 g/mol. The molecular weight excluding hydrogens is 224 g/mol. The molecule has 2 rings (SSSR count). The van der Waals surface area contributed by atoms with Gasteiger partial charge in [0, 0.05) is 18.1 Å². The van der Waals surface area contributed by atoms with E-state index in [0.29, 0.717) is 12.6 Å². The van der Waals surface area contributed by atoms with Crippen LogP contribution < -0.4 is 5.73 Å². The Morgan fingerprint density at radius 3 is 2.67 bits per heavy atom. The van der Waals surface area contributed by atoms with Crippen molar-refractivity contribution in [3.05, 3.63) is 35.9 Å². The van der Waals surface area contributed by atoms with Crippen LogP contribution in [0.15, 0.2) is 30.3 Å². The zero-order chi connectivity index (χ0) is 13.0. The van der Waals surface area contributed by atoms with Crippen molar-refractivity contribution >= 4 is 0 Å². The number of nitrogens with zero attached hydrogens (tertiary/aromatic N) is 1. The lowest BCUT2D eigenvalue weighted by molar-refractivity contribution is -0.0740. The summed E-state index contributed by atoms with van der Waals surface area (Å²) in [6.45, 7) is 7.80. The molecule has 2 N–H and O–H groups in total. The van der Waals surface area contributed by atoms with Crippen molar-refractivity contribution in [2.45, 2.75) is 31.8 Å². The Labute approximate surface area is 110 Å². The molecule has 18 heavy (non-hydrogen) atoms. The highest BCUT2D eigenvalue weighted by Crippen LogP contribution is 2.32. The van der Waals surface area contributed by atoms with Gasteiger partial charge in [-0.2, -0.15) is 0 Å². The normalized spacial score (nSPS) is 21.7. The molecule has 1 aromatic rings. The molecule has 3 nitrogen and oxygen atoms in total. The summed E-state index contributed by atoms with van der Waals surface area (Å²) < 4.78 is 5.61. The van der Waals surface area contributed by atoms with Gasteiger partial charge >= 0.3 is 0 Å². The number of hydrogen-bond acceptors (Lipinski definition) is 3. The maximum absolute atomic E-state index is 5.80. The molecule has 0 saturated carbocycles. The van der Waals surface area contributed by atoms with E-state index in [1.54, 1.807) is 0 Å². The fourth-order valence-corrected chi connectivity index (χ4v) is 2.78. The van der Waals surface area contributed by atoms with Gasteiger partial charge in [0.05, 0.1) is 13.2 Å². The molecule has 0 aromatic heterocycles. The molecule has 1 heterocycles. The molecule has 1 aliphatic heterocycles. The largest absolute Gasteiger partial charge is 0.378 e. The summed E-state index contributed by atoms with van der Waals surface area (Å²) in [6.07, 6.45) is 0.993. The van der Waals surface area contributed by atoms with Crippen LogP contribution in [0.2, 0.25) is 0 Å². The summed E-state index contributed by atoms with van der Waals surface area (Å²) in [5, 5.41) is 0. The van der Waals surface area contributed by atoms with Gasteiger partial charge in [-0.3, -0.25) is 4.90 Å². The van der Waals surface area contributed by atoms with Crippen molar-refractivity contribution in [2.24, 2.45) is 5.73 Å². The van der Waals surface area contributed by atoms with Crippen LogP contribution in [0, 0.1) is 0 Å². The standard InChI is InChI=1S/C15H24N2O/c1-15(2)12-18-11-10-17(15)14(8-9-16)13-6-4-3-5-7-13/h3-7,14H,8-12,16H2,1-2H3. The van der Waals surface area contributed by atoms with Crippen LogP contribution >= 0.6 is 0 Å². The fraction of sp³-hybridized carbons (Fsp3) is 0.600. The molecule has 0 radical (unpaired) electrons. The number of rotatable bonds is 4. The molecule has 1 aliphatic rings. The molecule has 0 aliphatic carbocycles. The number of nitrogens with two attached hydrogens (primary N) is 1. The summed E-state index contributed by atoms with van der Waals surface area (Å²) in [7, 11) is 0. The van der Waals surface area contributed by atoms with Crippen molar-refractivity contribution in [2.75, 3.05) is 26.3 Å². The maximum atomic E-state index is 5.80. The van der Waals surface area contributed by atoms with Gasteiger partial charge in [0.1, 0.15) is 0 Å². The second-order valence-corrected chi connectivity index (χ2v) is 5.56. The molecule has 1 aromatic carbocycles. The van der Waals surface area contributed by atoms with E-state index in [4.69, 9.17) is 10.5 Å². The van der Waals surface area contributed by atoms with E-state index in [2.05, 4.69) is 49.1 Å². The minimum Gasteiger partial charge on any atom is -0.378 e.